The summed E-state index contributed by atoms with van der Waals surface area (Å²) in [7, 11) is 5.39. The number of rotatable bonds is 7. The van der Waals surface area contributed by atoms with Crippen LogP contribution in [0.4, 0.5) is 0 Å². The summed E-state index contributed by atoms with van der Waals surface area (Å²) >= 11 is 0. The number of aromatic nitrogens is 2. The molecule has 0 aliphatic heterocycles. The molecule has 1 amide bonds. The predicted molar refractivity (Wildman–Crippen MR) is 104 cm³/mol. The summed E-state index contributed by atoms with van der Waals surface area (Å²) in [4.78, 5) is 17.8. The van der Waals surface area contributed by atoms with E-state index in [0.29, 0.717) is 12.5 Å². The van der Waals surface area contributed by atoms with Crippen molar-refractivity contribution in [1.82, 2.24) is 25.3 Å². The van der Waals surface area contributed by atoms with Crippen LogP contribution in [0.3, 0.4) is 0 Å². The van der Waals surface area contributed by atoms with Crippen molar-refractivity contribution < 1.29 is 4.79 Å². The number of aliphatic imine (C=N–C) groups is 1. The highest BCUT2D eigenvalue weighted by Crippen LogP contribution is 2.08. The summed E-state index contributed by atoms with van der Waals surface area (Å²) in [6.45, 7) is 5.77. The summed E-state index contributed by atoms with van der Waals surface area (Å²) in [5.41, 5.74) is 2.17. The van der Waals surface area contributed by atoms with Crippen LogP contribution >= 0.6 is 24.0 Å². The highest BCUT2D eigenvalue weighted by molar-refractivity contribution is 14.0. The summed E-state index contributed by atoms with van der Waals surface area (Å²) in [6.07, 6.45) is 3.87. The molecule has 0 saturated heterocycles. The zero-order chi connectivity index (χ0) is 16.5. The Hall–Kier alpha value is -1.32. The highest BCUT2D eigenvalue weighted by atomic mass is 127. The zero-order valence-electron chi connectivity index (χ0n) is 14.7. The van der Waals surface area contributed by atoms with Crippen molar-refractivity contribution in [2.75, 3.05) is 27.2 Å². The van der Waals surface area contributed by atoms with Gasteiger partial charge in [0, 0.05) is 39.4 Å². The van der Waals surface area contributed by atoms with E-state index in [1.54, 1.807) is 19.0 Å². The lowest BCUT2D eigenvalue weighted by Gasteiger charge is -2.14. The Morgan fingerprint density at radius 2 is 2.04 bits per heavy atom. The van der Waals surface area contributed by atoms with Crippen molar-refractivity contribution in [3.8, 4) is 0 Å². The highest BCUT2D eigenvalue weighted by Gasteiger charge is 2.08. The smallest absolute Gasteiger partial charge is 0.241 e. The first-order valence-corrected chi connectivity index (χ1v) is 7.71. The topological polar surface area (TPSA) is 74.5 Å². The number of aryl methyl sites for hydroxylation is 2. The van der Waals surface area contributed by atoms with E-state index in [2.05, 4.69) is 34.6 Å². The number of hydrogen-bond acceptors (Lipinski definition) is 3. The average Bonchev–Trinajstić information content (AvgIpc) is 2.86. The Bertz CT molecular complexity index is 512. The molecule has 8 heteroatoms. The van der Waals surface area contributed by atoms with Crippen LogP contribution in [0.2, 0.25) is 0 Å². The summed E-state index contributed by atoms with van der Waals surface area (Å²) in [6, 6.07) is 0. The van der Waals surface area contributed by atoms with E-state index >= 15 is 0 Å². The van der Waals surface area contributed by atoms with Gasteiger partial charge in [0.25, 0.3) is 0 Å². The number of nitrogens with zero attached hydrogens (tertiary/aromatic N) is 4. The van der Waals surface area contributed by atoms with Crippen LogP contribution in [0.5, 0.6) is 0 Å². The van der Waals surface area contributed by atoms with Crippen molar-refractivity contribution in [3.05, 3.63) is 17.5 Å². The number of amides is 1. The fourth-order valence-corrected chi connectivity index (χ4v) is 1.91. The normalized spacial score (nSPS) is 10.9. The SMILES string of the molecule is CCCNC(=NCc1cn(C)nc1CC)NCC(=O)N(C)C.I. The molecule has 0 unspecified atom stereocenters. The van der Waals surface area contributed by atoms with Gasteiger partial charge in [0.15, 0.2) is 5.96 Å². The quantitative estimate of drug-likeness (QED) is 0.382. The van der Waals surface area contributed by atoms with Gasteiger partial charge in [-0.2, -0.15) is 5.10 Å². The van der Waals surface area contributed by atoms with Gasteiger partial charge in [-0.05, 0) is 12.8 Å². The largest absolute Gasteiger partial charge is 0.356 e. The number of guanidine groups is 1. The number of likely N-dealkylation sites (N-methyl/N-ethyl adjacent to an activating group) is 1. The van der Waals surface area contributed by atoms with Gasteiger partial charge in [0.1, 0.15) is 0 Å². The molecule has 0 aliphatic rings. The molecule has 0 saturated carbocycles. The van der Waals surface area contributed by atoms with Crippen molar-refractivity contribution >= 4 is 35.8 Å². The second-order valence-electron chi connectivity index (χ2n) is 5.36. The molecule has 132 valence electrons. The second kappa shape index (κ2) is 11.3. The molecule has 1 aromatic heterocycles. The molecule has 1 rings (SSSR count). The third-order valence-electron chi connectivity index (χ3n) is 3.18. The van der Waals surface area contributed by atoms with E-state index in [1.165, 1.54) is 0 Å². The summed E-state index contributed by atoms with van der Waals surface area (Å²) in [5.74, 6) is 0.671. The maximum absolute atomic E-state index is 11.7. The van der Waals surface area contributed by atoms with E-state index < -0.39 is 0 Å². The minimum atomic E-state index is 0. The number of nitrogens with one attached hydrogen (secondary N) is 2. The van der Waals surface area contributed by atoms with E-state index in [1.807, 2.05) is 17.9 Å². The molecule has 1 aromatic rings. The number of halogens is 1. The molecule has 0 radical (unpaired) electrons. The molecular weight excluding hydrogens is 407 g/mol. The fraction of sp³-hybridized carbons (Fsp3) is 0.667. The molecule has 7 nitrogen and oxygen atoms in total. The second-order valence-corrected chi connectivity index (χ2v) is 5.36. The Labute approximate surface area is 155 Å². The minimum absolute atomic E-state index is 0. The fourth-order valence-electron chi connectivity index (χ4n) is 1.91. The Kier molecular flexibility index (Phi) is 10.6. The number of hydrogen-bond donors (Lipinski definition) is 2. The zero-order valence-corrected chi connectivity index (χ0v) is 17.0. The van der Waals surface area contributed by atoms with Crippen molar-refractivity contribution in [3.63, 3.8) is 0 Å². The van der Waals surface area contributed by atoms with Gasteiger partial charge in [-0.25, -0.2) is 4.99 Å². The standard InChI is InChI=1S/C15H28N6O.HI/c1-6-8-16-15(18-10-14(22)20(3)4)17-9-12-11-21(5)19-13(12)7-2;/h11H,6-10H2,1-5H3,(H2,16,17,18);1H. The molecule has 0 aliphatic carbocycles. The Morgan fingerprint density at radius 3 is 2.61 bits per heavy atom. The van der Waals surface area contributed by atoms with Crippen LogP contribution in [-0.4, -0.2) is 53.7 Å². The van der Waals surface area contributed by atoms with Gasteiger partial charge in [0.05, 0.1) is 18.8 Å². The van der Waals surface area contributed by atoms with Gasteiger partial charge in [-0.15, -0.1) is 24.0 Å². The van der Waals surface area contributed by atoms with Crippen LogP contribution in [0, 0.1) is 0 Å². The Balaban J connectivity index is 0.00000484. The lowest BCUT2D eigenvalue weighted by atomic mass is 10.2. The first-order chi connectivity index (χ1) is 10.5. The minimum Gasteiger partial charge on any atom is -0.356 e. The monoisotopic (exact) mass is 436 g/mol. The van der Waals surface area contributed by atoms with Gasteiger partial charge in [-0.1, -0.05) is 13.8 Å². The molecule has 0 bridgehead atoms. The number of carbonyl (C=O) groups is 1. The van der Waals surface area contributed by atoms with Crippen molar-refractivity contribution in [1.29, 1.82) is 0 Å². The maximum Gasteiger partial charge on any atom is 0.241 e. The third kappa shape index (κ3) is 7.67. The molecule has 23 heavy (non-hydrogen) atoms. The number of carbonyl (C=O) groups excluding carboxylic acids is 1. The molecule has 0 atom stereocenters. The molecule has 0 aromatic carbocycles. The van der Waals surface area contributed by atoms with E-state index in [4.69, 9.17) is 0 Å². The van der Waals surface area contributed by atoms with E-state index in [9.17, 15) is 4.79 Å². The molecule has 1 heterocycles. The molecular formula is C15H29IN6O. The average molecular weight is 436 g/mol. The van der Waals surface area contributed by atoms with E-state index in [0.717, 1.165) is 30.6 Å². The Morgan fingerprint density at radius 1 is 1.35 bits per heavy atom. The van der Waals surface area contributed by atoms with Crippen LogP contribution in [0.15, 0.2) is 11.2 Å². The van der Waals surface area contributed by atoms with Gasteiger partial charge in [0.2, 0.25) is 5.91 Å². The maximum atomic E-state index is 11.7. The summed E-state index contributed by atoms with van der Waals surface area (Å²) < 4.78 is 1.81. The van der Waals surface area contributed by atoms with Crippen LogP contribution in [0.1, 0.15) is 31.5 Å². The van der Waals surface area contributed by atoms with Crippen molar-refractivity contribution in [2.24, 2.45) is 12.0 Å². The van der Waals surface area contributed by atoms with Crippen LogP contribution < -0.4 is 10.6 Å². The lowest BCUT2D eigenvalue weighted by molar-refractivity contribution is -0.127. The summed E-state index contributed by atoms with van der Waals surface area (Å²) in [5, 5.41) is 10.7. The van der Waals surface area contributed by atoms with Gasteiger partial charge >= 0.3 is 0 Å². The first-order valence-electron chi connectivity index (χ1n) is 7.71. The molecule has 0 fully saturated rings. The lowest BCUT2D eigenvalue weighted by Crippen LogP contribution is -2.43. The van der Waals surface area contributed by atoms with E-state index in [-0.39, 0.29) is 36.4 Å². The molecule has 0 spiro atoms. The van der Waals surface area contributed by atoms with Gasteiger partial charge in [-0.3, -0.25) is 9.48 Å². The third-order valence-corrected chi connectivity index (χ3v) is 3.18. The van der Waals surface area contributed by atoms with Crippen LogP contribution in [0.25, 0.3) is 0 Å². The van der Waals surface area contributed by atoms with Gasteiger partial charge < -0.3 is 15.5 Å². The molecule has 2 N–H and O–H groups in total. The van der Waals surface area contributed by atoms with Crippen LogP contribution in [-0.2, 0) is 24.8 Å². The first kappa shape index (κ1) is 21.7. The van der Waals surface area contributed by atoms with Crippen molar-refractivity contribution in [2.45, 2.75) is 33.2 Å². The predicted octanol–water partition coefficient (Wildman–Crippen LogP) is 1.13.